The summed E-state index contributed by atoms with van der Waals surface area (Å²) in [5.74, 6) is -1.19. The number of thiazole rings is 1. The van der Waals surface area contributed by atoms with E-state index in [-0.39, 0.29) is 17.9 Å². The van der Waals surface area contributed by atoms with Crippen molar-refractivity contribution in [3.8, 4) is 17.2 Å². The van der Waals surface area contributed by atoms with E-state index < -0.39 is 23.2 Å². The number of halogens is 2. The van der Waals surface area contributed by atoms with Gasteiger partial charge in [-0.3, -0.25) is 10.1 Å². The lowest BCUT2D eigenvalue weighted by Gasteiger charge is -2.26. The van der Waals surface area contributed by atoms with Crippen LogP contribution in [0.5, 0.6) is 0 Å². The maximum atomic E-state index is 14.2. The number of amides is 1. The molecule has 5 nitrogen and oxygen atoms in total. The highest BCUT2D eigenvalue weighted by Gasteiger charge is 2.45. The number of nitrogens with one attached hydrogen (secondary N) is 2. The monoisotopic (exact) mass is 480 g/mol. The van der Waals surface area contributed by atoms with Gasteiger partial charge in [0, 0.05) is 23.2 Å². The molecule has 0 spiro atoms. The molecule has 8 heteroatoms. The molecule has 1 unspecified atom stereocenters. The number of nitrogens with zero attached hydrogens (tertiary/aromatic N) is 2. The number of carbonyl (C=O) groups excluding carboxylic acids is 1. The zero-order chi connectivity index (χ0) is 24.3. The van der Waals surface area contributed by atoms with Crippen molar-refractivity contribution >= 4 is 17.2 Å². The number of hydrogen-bond donors (Lipinski definition) is 2. The van der Waals surface area contributed by atoms with Crippen LogP contribution in [-0.4, -0.2) is 22.5 Å². The first-order valence-corrected chi connectivity index (χ1v) is 12.1. The minimum Gasteiger partial charge on any atom is -0.336 e. The fraction of sp³-hybridized carbons (Fsp3) is 0.346. The van der Waals surface area contributed by atoms with Crippen molar-refractivity contribution in [3.63, 3.8) is 0 Å². The highest BCUT2D eigenvalue weighted by molar-refractivity contribution is 7.09. The van der Waals surface area contributed by atoms with Crippen molar-refractivity contribution in [2.75, 3.05) is 0 Å². The van der Waals surface area contributed by atoms with E-state index in [4.69, 9.17) is 0 Å². The topological polar surface area (TPSA) is 77.8 Å². The van der Waals surface area contributed by atoms with Gasteiger partial charge >= 0.3 is 0 Å². The van der Waals surface area contributed by atoms with Crippen molar-refractivity contribution in [3.05, 3.63) is 76.2 Å². The molecule has 0 aliphatic heterocycles. The number of nitriles is 1. The Bertz CT molecular complexity index is 1180. The maximum absolute atomic E-state index is 14.2. The standard InChI is InChI=1S/C26H26F2N4OS/c1-16(2)13-22(24(33)32-26(15-29)9-10-26)31-23(25-30-11-12-34-25)18-5-3-17(4-6-18)20-8-7-19(27)14-21(20)28/h3-8,11-12,14,16,22-23,31H,9-10,13H2,1-2H3,(H,32,33)/t22-,23?/m0/s1. The molecule has 1 heterocycles. The summed E-state index contributed by atoms with van der Waals surface area (Å²) in [6.45, 7) is 4.09. The molecule has 3 aromatic rings. The molecule has 2 atom stereocenters. The zero-order valence-corrected chi connectivity index (χ0v) is 19.8. The first kappa shape index (κ1) is 24.0. The molecule has 4 rings (SSSR count). The Morgan fingerprint density at radius 2 is 1.94 bits per heavy atom. The highest BCUT2D eigenvalue weighted by atomic mass is 32.1. The Kier molecular flexibility index (Phi) is 7.05. The van der Waals surface area contributed by atoms with E-state index in [0.717, 1.165) is 16.6 Å². The number of hydrogen-bond acceptors (Lipinski definition) is 5. The molecule has 176 valence electrons. The Morgan fingerprint density at radius 3 is 2.50 bits per heavy atom. The molecule has 2 N–H and O–H groups in total. The van der Waals surface area contributed by atoms with Crippen molar-refractivity contribution < 1.29 is 13.6 Å². The molecular formula is C26H26F2N4OS. The van der Waals surface area contributed by atoms with E-state index in [0.29, 0.717) is 30.4 Å². The summed E-state index contributed by atoms with van der Waals surface area (Å²) in [6, 6.07) is 12.1. The van der Waals surface area contributed by atoms with Crippen molar-refractivity contribution in [1.29, 1.82) is 5.26 Å². The summed E-state index contributed by atoms with van der Waals surface area (Å²) >= 11 is 1.47. The molecule has 1 aliphatic rings. The second kappa shape index (κ2) is 10.00. The molecular weight excluding hydrogens is 454 g/mol. The van der Waals surface area contributed by atoms with Gasteiger partial charge in [-0.05, 0) is 48.4 Å². The lowest BCUT2D eigenvalue weighted by atomic mass is 9.97. The van der Waals surface area contributed by atoms with Crippen LogP contribution in [0.1, 0.15) is 49.7 Å². The third-order valence-corrected chi connectivity index (χ3v) is 6.74. The average molecular weight is 481 g/mol. The minimum atomic E-state index is -0.744. The van der Waals surface area contributed by atoms with Crippen molar-refractivity contribution in [2.45, 2.75) is 50.7 Å². The predicted octanol–water partition coefficient (Wildman–Crippen LogP) is 5.35. The van der Waals surface area contributed by atoms with Crippen molar-refractivity contribution in [2.24, 2.45) is 5.92 Å². The molecule has 1 aliphatic carbocycles. The van der Waals surface area contributed by atoms with E-state index >= 15 is 0 Å². The highest BCUT2D eigenvalue weighted by Crippen LogP contribution is 2.35. The first-order valence-electron chi connectivity index (χ1n) is 11.2. The second-order valence-electron chi connectivity index (χ2n) is 9.08. The Hall–Kier alpha value is -3.15. The van der Waals surface area contributed by atoms with E-state index in [2.05, 4.69) is 21.7 Å². The lowest BCUT2D eigenvalue weighted by molar-refractivity contribution is -0.124. The van der Waals surface area contributed by atoms with Gasteiger partial charge in [0.05, 0.1) is 18.2 Å². The molecule has 1 saturated carbocycles. The van der Waals surface area contributed by atoms with Crippen LogP contribution < -0.4 is 10.6 Å². The molecule has 1 fully saturated rings. The third kappa shape index (κ3) is 5.49. The van der Waals surface area contributed by atoms with Gasteiger partial charge < -0.3 is 5.32 Å². The molecule has 1 amide bonds. The second-order valence-corrected chi connectivity index (χ2v) is 10.0. The summed E-state index contributed by atoms with van der Waals surface area (Å²) in [5, 5.41) is 18.4. The Labute approximate surface area is 201 Å². The van der Waals surface area contributed by atoms with Crippen LogP contribution in [0.25, 0.3) is 11.1 Å². The predicted molar refractivity (Wildman–Crippen MR) is 128 cm³/mol. The molecule has 2 aromatic carbocycles. The Morgan fingerprint density at radius 1 is 1.21 bits per heavy atom. The van der Waals surface area contributed by atoms with Gasteiger partial charge in [0.15, 0.2) is 0 Å². The first-order chi connectivity index (χ1) is 16.3. The van der Waals surface area contributed by atoms with Gasteiger partial charge in [-0.25, -0.2) is 13.8 Å². The summed E-state index contributed by atoms with van der Waals surface area (Å²) in [6.07, 6.45) is 3.64. The van der Waals surface area contributed by atoms with Crippen LogP contribution in [-0.2, 0) is 4.79 Å². The molecule has 0 saturated heterocycles. The smallest absolute Gasteiger partial charge is 0.238 e. The van der Waals surface area contributed by atoms with E-state index in [1.54, 1.807) is 18.3 Å². The normalized spacial score (nSPS) is 16.0. The van der Waals surface area contributed by atoms with E-state index in [9.17, 15) is 18.8 Å². The molecule has 0 bridgehead atoms. The fourth-order valence-electron chi connectivity index (χ4n) is 3.90. The molecule has 0 radical (unpaired) electrons. The van der Waals surface area contributed by atoms with E-state index in [1.807, 2.05) is 31.4 Å². The number of carbonyl (C=O) groups is 1. The van der Waals surface area contributed by atoms with E-state index in [1.165, 1.54) is 23.5 Å². The summed E-state index contributed by atoms with van der Waals surface area (Å²) in [5.41, 5.74) is 1.06. The fourth-order valence-corrected chi connectivity index (χ4v) is 4.62. The van der Waals surface area contributed by atoms with Crippen LogP contribution in [0.15, 0.2) is 54.0 Å². The zero-order valence-electron chi connectivity index (χ0n) is 19.0. The number of aromatic nitrogens is 1. The summed E-state index contributed by atoms with van der Waals surface area (Å²) in [4.78, 5) is 17.6. The van der Waals surface area contributed by atoms with Gasteiger partial charge in [0.25, 0.3) is 0 Å². The van der Waals surface area contributed by atoms with Crippen LogP contribution in [0.2, 0.25) is 0 Å². The third-order valence-electron chi connectivity index (χ3n) is 5.90. The summed E-state index contributed by atoms with van der Waals surface area (Å²) < 4.78 is 27.5. The number of benzene rings is 2. The summed E-state index contributed by atoms with van der Waals surface area (Å²) in [7, 11) is 0. The molecule has 1 aromatic heterocycles. The largest absolute Gasteiger partial charge is 0.336 e. The lowest BCUT2D eigenvalue weighted by Crippen LogP contribution is -2.50. The quantitative estimate of drug-likeness (QED) is 0.433. The van der Waals surface area contributed by atoms with Crippen LogP contribution >= 0.6 is 11.3 Å². The van der Waals surface area contributed by atoms with Gasteiger partial charge in [-0.1, -0.05) is 38.1 Å². The van der Waals surface area contributed by atoms with Gasteiger partial charge in [0.2, 0.25) is 5.91 Å². The van der Waals surface area contributed by atoms with Crippen molar-refractivity contribution in [1.82, 2.24) is 15.6 Å². The molecule has 34 heavy (non-hydrogen) atoms. The van der Waals surface area contributed by atoms with Gasteiger partial charge in [-0.2, -0.15) is 5.26 Å². The van der Waals surface area contributed by atoms with Gasteiger partial charge in [-0.15, -0.1) is 11.3 Å². The van der Waals surface area contributed by atoms with Crippen LogP contribution in [0, 0.1) is 28.9 Å². The van der Waals surface area contributed by atoms with Crippen LogP contribution in [0.3, 0.4) is 0 Å². The maximum Gasteiger partial charge on any atom is 0.238 e. The van der Waals surface area contributed by atoms with Crippen LogP contribution in [0.4, 0.5) is 8.78 Å². The minimum absolute atomic E-state index is 0.195. The Balaban J connectivity index is 1.61. The number of rotatable bonds is 9. The average Bonchev–Trinajstić information content (AvgIpc) is 3.36. The van der Waals surface area contributed by atoms with Gasteiger partial charge in [0.1, 0.15) is 22.2 Å². The SMILES string of the molecule is CC(C)C[C@H](NC(c1ccc(-c2ccc(F)cc2F)cc1)c1nccs1)C(=O)NC1(C#N)CC1.